The van der Waals surface area contributed by atoms with Crippen LogP contribution in [0.4, 0.5) is 5.69 Å². The number of hydrogen-bond acceptors (Lipinski definition) is 5. The molecule has 1 aromatic rings. The van der Waals surface area contributed by atoms with Gasteiger partial charge in [-0.15, -0.1) is 0 Å². The summed E-state index contributed by atoms with van der Waals surface area (Å²) in [4.78, 5) is 10.2. The SMILES string of the molecule is CC(C)(CO)CNS(=O)(=O)Cc1ccccc1[N+](=O)[O-]. The Balaban J connectivity index is 2.85. The molecule has 0 aliphatic rings. The number of benzene rings is 1. The lowest BCUT2D eigenvalue weighted by atomic mass is 9.96. The minimum absolute atomic E-state index is 0.0620. The summed E-state index contributed by atoms with van der Waals surface area (Å²) in [6.07, 6.45) is 0. The van der Waals surface area contributed by atoms with Crippen LogP contribution in [-0.4, -0.2) is 31.6 Å². The van der Waals surface area contributed by atoms with Gasteiger partial charge in [-0.3, -0.25) is 10.1 Å². The fourth-order valence-electron chi connectivity index (χ4n) is 1.43. The second-order valence-electron chi connectivity index (χ2n) is 5.29. The van der Waals surface area contributed by atoms with Crippen LogP contribution < -0.4 is 4.72 Å². The maximum Gasteiger partial charge on any atom is 0.273 e. The first kappa shape index (κ1) is 16.5. The maximum absolute atomic E-state index is 11.9. The highest BCUT2D eigenvalue weighted by atomic mass is 32.2. The van der Waals surface area contributed by atoms with E-state index in [1.807, 2.05) is 0 Å². The Labute approximate surface area is 117 Å². The zero-order chi connectivity index (χ0) is 15.4. The van der Waals surface area contributed by atoms with Gasteiger partial charge in [-0.1, -0.05) is 32.0 Å². The smallest absolute Gasteiger partial charge is 0.273 e. The number of nitrogens with one attached hydrogen (secondary N) is 1. The van der Waals surface area contributed by atoms with Gasteiger partial charge in [0.2, 0.25) is 10.0 Å². The van der Waals surface area contributed by atoms with Crippen molar-refractivity contribution in [3.63, 3.8) is 0 Å². The van der Waals surface area contributed by atoms with Crippen LogP contribution in [0.25, 0.3) is 0 Å². The molecule has 1 aromatic carbocycles. The highest BCUT2D eigenvalue weighted by molar-refractivity contribution is 7.88. The molecule has 0 atom stereocenters. The van der Waals surface area contributed by atoms with Gasteiger partial charge in [0, 0.05) is 30.2 Å². The number of rotatable bonds is 7. The zero-order valence-electron chi connectivity index (χ0n) is 11.4. The zero-order valence-corrected chi connectivity index (χ0v) is 12.2. The molecule has 0 heterocycles. The van der Waals surface area contributed by atoms with Gasteiger partial charge in [-0.2, -0.15) is 0 Å². The number of aliphatic hydroxyl groups excluding tert-OH is 1. The van der Waals surface area contributed by atoms with Gasteiger partial charge < -0.3 is 5.11 Å². The molecule has 0 aliphatic heterocycles. The van der Waals surface area contributed by atoms with E-state index in [1.54, 1.807) is 19.9 Å². The fraction of sp³-hybridized carbons (Fsp3) is 0.500. The van der Waals surface area contributed by atoms with Crippen LogP contribution in [0.3, 0.4) is 0 Å². The molecule has 0 radical (unpaired) electrons. The molecule has 0 aromatic heterocycles. The third-order valence-electron chi connectivity index (χ3n) is 2.73. The van der Waals surface area contributed by atoms with Crippen molar-refractivity contribution >= 4 is 15.7 Å². The van der Waals surface area contributed by atoms with Crippen LogP contribution in [0.1, 0.15) is 19.4 Å². The van der Waals surface area contributed by atoms with Gasteiger partial charge in [-0.05, 0) is 0 Å². The third kappa shape index (κ3) is 4.87. The highest BCUT2D eigenvalue weighted by Crippen LogP contribution is 2.20. The number of hydrogen-bond donors (Lipinski definition) is 2. The summed E-state index contributed by atoms with van der Waals surface area (Å²) < 4.78 is 26.2. The van der Waals surface area contributed by atoms with Gasteiger partial charge in [-0.25, -0.2) is 13.1 Å². The van der Waals surface area contributed by atoms with E-state index in [0.717, 1.165) is 0 Å². The molecule has 1 rings (SSSR count). The number of aliphatic hydroxyl groups is 1. The highest BCUT2D eigenvalue weighted by Gasteiger charge is 2.23. The van der Waals surface area contributed by atoms with Crippen LogP contribution in [0.5, 0.6) is 0 Å². The molecule has 8 heteroatoms. The van der Waals surface area contributed by atoms with Crippen LogP contribution in [0, 0.1) is 15.5 Å². The van der Waals surface area contributed by atoms with Gasteiger partial charge >= 0.3 is 0 Å². The average Bonchev–Trinajstić information content (AvgIpc) is 2.37. The minimum Gasteiger partial charge on any atom is -0.396 e. The summed E-state index contributed by atoms with van der Waals surface area (Å²) in [6, 6.07) is 5.71. The monoisotopic (exact) mass is 302 g/mol. The molecule has 0 spiro atoms. The summed E-state index contributed by atoms with van der Waals surface area (Å²) in [5.41, 5.74) is -0.679. The lowest BCUT2D eigenvalue weighted by Gasteiger charge is -2.21. The second kappa shape index (κ2) is 6.29. The Morgan fingerprint density at radius 3 is 2.50 bits per heavy atom. The van der Waals surface area contributed by atoms with Gasteiger partial charge in [0.25, 0.3) is 5.69 Å². The Bertz CT molecular complexity index is 583. The van der Waals surface area contributed by atoms with Crippen molar-refractivity contribution in [3.05, 3.63) is 39.9 Å². The Morgan fingerprint density at radius 1 is 1.35 bits per heavy atom. The molecule has 0 saturated carbocycles. The van der Waals surface area contributed by atoms with Crippen molar-refractivity contribution in [2.75, 3.05) is 13.2 Å². The number of nitro benzene ring substituents is 1. The van der Waals surface area contributed by atoms with Gasteiger partial charge in [0.05, 0.1) is 10.7 Å². The first-order valence-corrected chi connectivity index (χ1v) is 7.62. The largest absolute Gasteiger partial charge is 0.396 e. The van der Waals surface area contributed by atoms with E-state index >= 15 is 0 Å². The number of nitro groups is 1. The van der Waals surface area contributed by atoms with Crippen molar-refractivity contribution < 1.29 is 18.4 Å². The van der Waals surface area contributed by atoms with Crippen molar-refractivity contribution in [1.29, 1.82) is 0 Å². The van der Waals surface area contributed by atoms with Crippen LogP contribution in [0.15, 0.2) is 24.3 Å². The lowest BCUT2D eigenvalue weighted by Crippen LogP contribution is -2.36. The Morgan fingerprint density at radius 2 is 1.95 bits per heavy atom. The van der Waals surface area contributed by atoms with E-state index in [2.05, 4.69) is 4.72 Å². The molecular weight excluding hydrogens is 284 g/mol. The van der Waals surface area contributed by atoms with Crippen molar-refractivity contribution in [2.45, 2.75) is 19.6 Å². The summed E-state index contributed by atoms with van der Waals surface area (Å²) in [6.45, 7) is 3.31. The normalized spacial score (nSPS) is 12.3. The summed E-state index contributed by atoms with van der Waals surface area (Å²) in [5, 5.41) is 19.9. The Hall–Kier alpha value is -1.51. The van der Waals surface area contributed by atoms with E-state index in [9.17, 15) is 18.5 Å². The Kier molecular flexibility index (Phi) is 5.21. The molecule has 0 fully saturated rings. The summed E-state index contributed by atoms with van der Waals surface area (Å²) in [7, 11) is -3.70. The van der Waals surface area contributed by atoms with Crippen molar-refractivity contribution in [3.8, 4) is 0 Å². The summed E-state index contributed by atoms with van der Waals surface area (Å²) in [5.74, 6) is -0.467. The topological polar surface area (TPSA) is 110 Å². The molecular formula is C12H18N2O5S. The van der Waals surface area contributed by atoms with Crippen molar-refractivity contribution in [2.24, 2.45) is 5.41 Å². The fourth-order valence-corrected chi connectivity index (χ4v) is 2.79. The number of nitrogens with zero attached hydrogens (tertiary/aromatic N) is 1. The average molecular weight is 302 g/mol. The number of sulfonamides is 1. The molecule has 0 bridgehead atoms. The van der Waals surface area contributed by atoms with Crippen LogP contribution in [0.2, 0.25) is 0 Å². The molecule has 20 heavy (non-hydrogen) atoms. The quantitative estimate of drug-likeness (QED) is 0.577. The van der Waals surface area contributed by atoms with E-state index in [-0.39, 0.29) is 24.4 Å². The second-order valence-corrected chi connectivity index (χ2v) is 7.10. The lowest BCUT2D eigenvalue weighted by molar-refractivity contribution is -0.385. The summed E-state index contributed by atoms with van der Waals surface area (Å²) >= 11 is 0. The predicted octanol–water partition coefficient (Wildman–Crippen LogP) is 1.03. The molecule has 7 nitrogen and oxygen atoms in total. The van der Waals surface area contributed by atoms with E-state index in [4.69, 9.17) is 5.11 Å². The van der Waals surface area contributed by atoms with E-state index < -0.39 is 26.1 Å². The van der Waals surface area contributed by atoms with E-state index in [1.165, 1.54) is 18.2 Å². The standard InChI is InChI=1S/C12H18N2O5S/c1-12(2,9-15)8-13-20(18,19)7-10-5-3-4-6-11(10)14(16)17/h3-6,13,15H,7-9H2,1-2H3. The third-order valence-corrected chi connectivity index (χ3v) is 4.01. The van der Waals surface area contributed by atoms with E-state index in [0.29, 0.717) is 0 Å². The first-order chi connectivity index (χ1) is 9.17. The van der Waals surface area contributed by atoms with Crippen molar-refractivity contribution in [1.82, 2.24) is 4.72 Å². The maximum atomic E-state index is 11.9. The molecule has 2 N–H and O–H groups in total. The van der Waals surface area contributed by atoms with Gasteiger partial charge in [0.1, 0.15) is 0 Å². The minimum atomic E-state index is -3.70. The van der Waals surface area contributed by atoms with Gasteiger partial charge in [0.15, 0.2) is 0 Å². The molecule has 112 valence electrons. The molecule has 0 unspecified atom stereocenters. The number of para-hydroxylation sites is 1. The first-order valence-electron chi connectivity index (χ1n) is 5.97. The van der Waals surface area contributed by atoms with Crippen LogP contribution in [-0.2, 0) is 15.8 Å². The molecule has 0 aliphatic carbocycles. The molecule has 0 saturated heterocycles. The molecule has 0 amide bonds. The van der Waals surface area contributed by atoms with Crippen LogP contribution >= 0.6 is 0 Å². The predicted molar refractivity (Wildman–Crippen MR) is 74.6 cm³/mol.